The second kappa shape index (κ2) is 32.3. The first-order valence-electron chi connectivity index (χ1n) is 14.3. The predicted octanol–water partition coefficient (Wildman–Crippen LogP) is 2.73. The maximum Gasteiger partial charge on any atom is 2.00 e. The third-order valence-electron chi connectivity index (χ3n) is 5.44. The summed E-state index contributed by atoms with van der Waals surface area (Å²) in [7, 11) is 0. The van der Waals surface area contributed by atoms with Gasteiger partial charge in [-0.1, -0.05) is 144 Å². The van der Waals surface area contributed by atoms with Gasteiger partial charge in [-0.2, -0.15) is 0 Å². The van der Waals surface area contributed by atoms with Crippen LogP contribution in [0.1, 0.15) is 48.5 Å². The normalized spacial score (nSPS) is 14.2. The molecule has 49 heavy (non-hydrogen) atoms. The quantitative estimate of drug-likeness (QED) is 0.136. The van der Waals surface area contributed by atoms with E-state index in [1.807, 2.05) is 76.3 Å². The average Bonchev–Trinajstić information content (AvgIpc) is 2.99. The molecule has 250 valence electrons. The van der Waals surface area contributed by atoms with E-state index in [0.29, 0.717) is 0 Å². The fraction of sp³-hybridized carbons (Fsp3) is 0.179. The molecule has 0 aliphatic carbocycles. The van der Waals surface area contributed by atoms with E-state index >= 15 is 0 Å². The number of hydrogen-bond donors (Lipinski definition) is 0. The van der Waals surface area contributed by atoms with E-state index < -0.39 is 23.9 Å². The Kier molecular flexibility index (Phi) is 34.0. The topological polar surface area (TPSA) is 161 Å². The average molecular weight is 687 g/mol. The number of carbonyl (C=O) groups is 4. The Labute approximate surface area is 322 Å². The van der Waals surface area contributed by atoms with Crippen LogP contribution in [0.4, 0.5) is 0 Å². The van der Waals surface area contributed by atoms with E-state index in [1.54, 1.807) is 48.6 Å². The molecule has 0 N–H and O–H groups in total. The van der Waals surface area contributed by atoms with E-state index in [-0.39, 0.29) is 62.8 Å². The van der Waals surface area contributed by atoms with Gasteiger partial charge in [-0.15, -0.1) is 0 Å². The summed E-state index contributed by atoms with van der Waals surface area (Å²) in [6.45, 7) is 12.0. The fourth-order valence-electron chi connectivity index (χ4n) is 2.63. The van der Waals surface area contributed by atoms with E-state index in [1.165, 1.54) is 45.1 Å². The van der Waals surface area contributed by atoms with Crippen molar-refractivity contribution in [3.8, 4) is 0 Å². The van der Waals surface area contributed by atoms with Gasteiger partial charge in [0.25, 0.3) is 0 Å². The van der Waals surface area contributed by atoms with E-state index in [9.17, 15) is 39.6 Å². The van der Waals surface area contributed by atoms with Crippen LogP contribution in [0.2, 0.25) is 0 Å². The maximum atomic E-state index is 10.5. The molecule has 10 heteroatoms. The Balaban J connectivity index is -0.000000397. The van der Waals surface area contributed by atoms with Gasteiger partial charge >= 0.3 is 46.1 Å². The zero-order valence-electron chi connectivity index (χ0n) is 29.3. The standard InChI is InChI=1S/C20H24O4.C19H22O4.2Mg/c1-15(11-7-13-17(3)19(21)22)9-5-6-10-16(2)12-8-14-18(4)20(23)24;1-15(11-6-7-14-18(20)21)9-4-5-10-16(2)12-8-13-17(3)19(22)23;;/h5-14H,1-4H3,(H,21,22)(H,23,24);4-14H,1-3H3,(H,20,21)(H,22,23);;/q;;2*+2/p-4/b6-5+,11-7+,12-8+,15-9+,16-10+,17-13+,18-14+;5-4+,11-6+,12-8+,14-7+,15-9+,16-10+,17-13+;;. The number of aliphatic carboxylic acids is 4. The Morgan fingerprint density at radius 2 is 0.551 bits per heavy atom. The first kappa shape index (κ1) is 51.6. The molecular weight excluding hydrogens is 645 g/mol. The number of rotatable bonds is 16. The first-order valence-corrected chi connectivity index (χ1v) is 14.3. The molecule has 0 radical (unpaired) electrons. The molecular formula is C39H42Mg2O8. The Bertz CT molecular complexity index is 1470. The molecule has 0 aliphatic rings. The smallest absolute Gasteiger partial charge is 0.545 e. The fourth-order valence-corrected chi connectivity index (χ4v) is 2.63. The summed E-state index contributed by atoms with van der Waals surface area (Å²) < 4.78 is 0. The minimum atomic E-state index is -1.23. The molecule has 0 saturated carbocycles. The molecule has 8 nitrogen and oxygen atoms in total. The van der Waals surface area contributed by atoms with Crippen molar-refractivity contribution in [2.45, 2.75) is 48.5 Å². The second-order valence-corrected chi connectivity index (χ2v) is 9.94. The maximum absolute atomic E-state index is 10.5. The van der Waals surface area contributed by atoms with Crippen molar-refractivity contribution >= 4 is 70.0 Å². The summed E-state index contributed by atoms with van der Waals surface area (Å²) in [5.74, 6) is -4.77. The molecule has 0 aromatic heterocycles. The van der Waals surface area contributed by atoms with Crippen LogP contribution in [0.5, 0.6) is 0 Å². The summed E-state index contributed by atoms with van der Waals surface area (Å²) in [6, 6.07) is 0. The number of carbonyl (C=O) groups excluding carboxylic acids is 4. The van der Waals surface area contributed by atoms with Gasteiger partial charge < -0.3 is 39.6 Å². The summed E-state index contributed by atoms with van der Waals surface area (Å²) >= 11 is 0. The predicted molar refractivity (Wildman–Crippen MR) is 192 cm³/mol. The van der Waals surface area contributed by atoms with Crippen molar-refractivity contribution in [2.75, 3.05) is 0 Å². The molecule has 0 aromatic rings. The van der Waals surface area contributed by atoms with Crippen molar-refractivity contribution in [3.05, 3.63) is 167 Å². The van der Waals surface area contributed by atoms with Crippen molar-refractivity contribution in [1.82, 2.24) is 0 Å². The molecule has 0 unspecified atom stereocenters. The van der Waals surface area contributed by atoms with Crippen LogP contribution in [-0.4, -0.2) is 70.0 Å². The van der Waals surface area contributed by atoms with Crippen molar-refractivity contribution in [1.29, 1.82) is 0 Å². The zero-order valence-corrected chi connectivity index (χ0v) is 32.1. The van der Waals surface area contributed by atoms with Gasteiger partial charge in [0.05, 0.1) is 23.9 Å². The van der Waals surface area contributed by atoms with Crippen molar-refractivity contribution in [3.63, 3.8) is 0 Å². The molecule has 0 rings (SSSR count). The van der Waals surface area contributed by atoms with Crippen LogP contribution >= 0.6 is 0 Å². The Hall–Kier alpha value is -4.23. The molecule has 0 aliphatic heterocycles. The molecule has 0 atom stereocenters. The van der Waals surface area contributed by atoms with Crippen molar-refractivity contribution in [2.24, 2.45) is 0 Å². The van der Waals surface area contributed by atoms with Gasteiger partial charge in [-0.3, -0.25) is 0 Å². The SMILES string of the molecule is CC(/C=C/C=C(\C)C(=O)[O-])=C\C=C\C=C(C)\C=C\C=C(/C)C(=O)[O-].CC(/C=C/C=C/C(=O)[O-])=C\C=C\C=C(C)\C=C\C=C(/C)C(=O)[O-].[Mg+2].[Mg+2]. The van der Waals surface area contributed by atoms with Crippen LogP contribution in [-0.2, 0) is 19.2 Å². The summed E-state index contributed by atoms with van der Waals surface area (Å²) in [5.41, 5.74) is 4.35. The van der Waals surface area contributed by atoms with Gasteiger partial charge in [0.15, 0.2) is 0 Å². The van der Waals surface area contributed by atoms with E-state index in [2.05, 4.69) is 0 Å². The molecule has 0 heterocycles. The van der Waals surface area contributed by atoms with Crippen LogP contribution < -0.4 is 20.4 Å². The van der Waals surface area contributed by atoms with Gasteiger partial charge in [-0.25, -0.2) is 0 Å². The minimum absolute atomic E-state index is 0. The van der Waals surface area contributed by atoms with Gasteiger partial charge in [0.1, 0.15) is 0 Å². The van der Waals surface area contributed by atoms with Crippen LogP contribution in [0.25, 0.3) is 0 Å². The van der Waals surface area contributed by atoms with E-state index in [0.717, 1.165) is 28.4 Å². The minimum Gasteiger partial charge on any atom is -0.545 e. The molecule has 0 saturated heterocycles. The number of hydrogen-bond acceptors (Lipinski definition) is 8. The molecule has 0 aromatic carbocycles. The van der Waals surface area contributed by atoms with Crippen LogP contribution in [0.3, 0.4) is 0 Å². The third-order valence-corrected chi connectivity index (χ3v) is 5.44. The molecule has 0 bridgehead atoms. The number of carboxylic acids is 4. The van der Waals surface area contributed by atoms with E-state index in [4.69, 9.17) is 0 Å². The van der Waals surface area contributed by atoms with Gasteiger partial charge in [-0.05, 0) is 71.3 Å². The molecule has 0 amide bonds. The summed E-state index contributed by atoms with van der Waals surface area (Å²) in [5, 5.41) is 41.7. The summed E-state index contributed by atoms with van der Waals surface area (Å²) in [6.07, 6.45) is 35.4. The third kappa shape index (κ3) is 34.9. The van der Waals surface area contributed by atoms with Gasteiger partial charge in [0.2, 0.25) is 0 Å². The largest absolute Gasteiger partial charge is 2.00 e. The number of allylic oxidation sites excluding steroid dienone is 24. The van der Waals surface area contributed by atoms with Crippen LogP contribution in [0.15, 0.2) is 167 Å². The van der Waals surface area contributed by atoms with Gasteiger partial charge in [0, 0.05) is 0 Å². The Morgan fingerprint density at radius 1 is 0.327 bits per heavy atom. The Morgan fingerprint density at radius 3 is 0.776 bits per heavy atom. The summed E-state index contributed by atoms with van der Waals surface area (Å²) in [4.78, 5) is 41.7. The molecule has 0 fully saturated rings. The van der Waals surface area contributed by atoms with Crippen molar-refractivity contribution < 1.29 is 39.6 Å². The van der Waals surface area contributed by atoms with Crippen LogP contribution in [0, 0.1) is 0 Å². The first-order chi connectivity index (χ1) is 22.1. The second-order valence-electron chi connectivity index (χ2n) is 9.94. The monoisotopic (exact) mass is 686 g/mol. The molecule has 0 spiro atoms. The zero-order chi connectivity index (χ0) is 36.2. The number of carboxylic acid groups (broad SMARTS) is 4.